The minimum Gasteiger partial charge on any atom is -0.288 e. The van der Waals surface area contributed by atoms with E-state index in [9.17, 15) is 4.39 Å². The van der Waals surface area contributed by atoms with Crippen molar-refractivity contribution in [1.82, 2.24) is 5.06 Å². The molecular weight excluding hydrogens is 121 g/mol. The van der Waals surface area contributed by atoms with Crippen molar-refractivity contribution in [2.75, 3.05) is 0 Å². The summed E-state index contributed by atoms with van der Waals surface area (Å²) in [6.45, 7) is 1.76. The summed E-state index contributed by atoms with van der Waals surface area (Å²) in [5, 5.41) is 9.64. The maximum Gasteiger partial charge on any atom is 0.141 e. The lowest BCUT2D eigenvalue weighted by Crippen LogP contribution is -2.24. The molecule has 0 aromatic carbocycles. The SMILES string of the molecule is CC1C=CC(F)=CN1O. The lowest BCUT2D eigenvalue weighted by molar-refractivity contribution is -0.0625. The van der Waals surface area contributed by atoms with Crippen LogP contribution in [0.3, 0.4) is 0 Å². The molecule has 0 bridgehead atoms. The van der Waals surface area contributed by atoms with Crippen molar-refractivity contribution >= 4 is 0 Å². The molecule has 1 unspecified atom stereocenters. The van der Waals surface area contributed by atoms with Crippen molar-refractivity contribution in [3.63, 3.8) is 0 Å². The standard InChI is InChI=1S/C6H8FNO/c1-5-2-3-6(7)4-8(5)9/h2-5,9H,1H3. The number of rotatable bonds is 0. The molecule has 0 fully saturated rings. The molecule has 0 saturated heterocycles. The first-order valence-corrected chi connectivity index (χ1v) is 2.73. The summed E-state index contributed by atoms with van der Waals surface area (Å²) >= 11 is 0. The average molecular weight is 129 g/mol. The first kappa shape index (κ1) is 6.29. The molecule has 1 heterocycles. The minimum atomic E-state index is -0.421. The molecule has 0 amide bonds. The van der Waals surface area contributed by atoms with Crippen LogP contribution in [-0.4, -0.2) is 16.3 Å². The number of halogens is 1. The topological polar surface area (TPSA) is 23.5 Å². The molecule has 1 N–H and O–H groups in total. The monoisotopic (exact) mass is 129 g/mol. The van der Waals surface area contributed by atoms with E-state index in [1.165, 1.54) is 6.08 Å². The predicted octanol–water partition coefficient (Wildman–Crippen LogP) is 1.45. The highest BCUT2D eigenvalue weighted by Crippen LogP contribution is 2.10. The van der Waals surface area contributed by atoms with Gasteiger partial charge in [0.15, 0.2) is 0 Å². The maximum absolute atomic E-state index is 12.2. The lowest BCUT2D eigenvalue weighted by atomic mass is 10.2. The normalized spacial score (nSPS) is 26.3. The Kier molecular flexibility index (Phi) is 1.53. The molecule has 0 aromatic heterocycles. The third kappa shape index (κ3) is 1.29. The maximum atomic E-state index is 12.2. The Morgan fingerprint density at radius 1 is 1.78 bits per heavy atom. The second-order valence-electron chi connectivity index (χ2n) is 1.99. The minimum absolute atomic E-state index is 0.121. The molecule has 9 heavy (non-hydrogen) atoms. The summed E-state index contributed by atoms with van der Waals surface area (Å²) in [7, 11) is 0. The molecule has 0 aliphatic carbocycles. The molecule has 1 aliphatic heterocycles. The zero-order chi connectivity index (χ0) is 6.85. The van der Waals surface area contributed by atoms with Gasteiger partial charge >= 0.3 is 0 Å². The van der Waals surface area contributed by atoms with Gasteiger partial charge in [-0.2, -0.15) is 0 Å². The molecule has 1 rings (SSSR count). The van der Waals surface area contributed by atoms with Crippen LogP contribution in [-0.2, 0) is 0 Å². The molecular formula is C6H8FNO. The Morgan fingerprint density at radius 2 is 2.44 bits per heavy atom. The Balaban J connectivity index is 2.70. The number of hydroxylamine groups is 2. The highest BCUT2D eigenvalue weighted by molar-refractivity contribution is 5.16. The Labute approximate surface area is 52.9 Å². The van der Waals surface area contributed by atoms with Crippen LogP contribution >= 0.6 is 0 Å². The highest BCUT2D eigenvalue weighted by Gasteiger charge is 2.08. The number of nitrogens with zero attached hydrogens (tertiary/aromatic N) is 1. The smallest absolute Gasteiger partial charge is 0.141 e. The van der Waals surface area contributed by atoms with E-state index in [-0.39, 0.29) is 6.04 Å². The second kappa shape index (κ2) is 2.19. The van der Waals surface area contributed by atoms with Gasteiger partial charge in [0.25, 0.3) is 0 Å². The van der Waals surface area contributed by atoms with Gasteiger partial charge in [0.2, 0.25) is 0 Å². The predicted molar refractivity (Wildman–Crippen MR) is 31.4 cm³/mol. The van der Waals surface area contributed by atoms with Crippen LogP contribution < -0.4 is 0 Å². The largest absolute Gasteiger partial charge is 0.288 e. The number of allylic oxidation sites excluding steroid dienone is 2. The van der Waals surface area contributed by atoms with Crippen LogP contribution in [0.5, 0.6) is 0 Å². The van der Waals surface area contributed by atoms with Crippen molar-refractivity contribution in [1.29, 1.82) is 0 Å². The van der Waals surface area contributed by atoms with E-state index in [1.807, 2.05) is 0 Å². The third-order valence-corrected chi connectivity index (χ3v) is 1.21. The van der Waals surface area contributed by atoms with E-state index in [1.54, 1.807) is 13.0 Å². The molecule has 0 aromatic rings. The Morgan fingerprint density at radius 3 is 2.89 bits per heavy atom. The van der Waals surface area contributed by atoms with Crippen LogP contribution in [0.4, 0.5) is 4.39 Å². The van der Waals surface area contributed by atoms with Crippen molar-refractivity contribution in [2.45, 2.75) is 13.0 Å². The van der Waals surface area contributed by atoms with Crippen LogP contribution in [0.1, 0.15) is 6.92 Å². The fourth-order valence-electron chi connectivity index (χ4n) is 0.606. The zero-order valence-electron chi connectivity index (χ0n) is 5.08. The summed E-state index contributed by atoms with van der Waals surface area (Å²) < 4.78 is 12.2. The fraction of sp³-hybridized carbons (Fsp3) is 0.333. The van der Waals surface area contributed by atoms with Crippen LogP contribution in [0.2, 0.25) is 0 Å². The van der Waals surface area contributed by atoms with E-state index >= 15 is 0 Å². The van der Waals surface area contributed by atoms with Gasteiger partial charge in [-0.15, -0.1) is 0 Å². The van der Waals surface area contributed by atoms with E-state index < -0.39 is 5.83 Å². The molecule has 1 atom stereocenters. The summed E-state index contributed by atoms with van der Waals surface area (Å²) in [4.78, 5) is 0. The van der Waals surface area contributed by atoms with Crippen molar-refractivity contribution in [2.24, 2.45) is 0 Å². The van der Waals surface area contributed by atoms with E-state index in [4.69, 9.17) is 5.21 Å². The van der Waals surface area contributed by atoms with E-state index in [0.29, 0.717) is 0 Å². The quantitative estimate of drug-likeness (QED) is 0.535. The third-order valence-electron chi connectivity index (χ3n) is 1.21. The van der Waals surface area contributed by atoms with Crippen LogP contribution in [0.15, 0.2) is 24.2 Å². The van der Waals surface area contributed by atoms with Gasteiger partial charge in [0.1, 0.15) is 5.83 Å². The summed E-state index contributed by atoms with van der Waals surface area (Å²) in [6, 6.07) is -0.121. The summed E-state index contributed by atoms with van der Waals surface area (Å²) in [5.74, 6) is -0.421. The van der Waals surface area contributed by atoms with E-state index in [2.05, 4.69) is 0 Å². The zero-order valence-corrected chi connectivity index (χ0v) is 5.08. The number of hydrogen-bond donors (Lipinski definition) is 1. The average Bonchev–Trinajstić information content (AvgIpc) is 1.80. The fourth-order valence-corrected chi connectivity index (χ4v) is 0.606. The van der Waals surface area contributed by atoms with Gasteiger partial charge in [0, 0.05) is 0 Å². The summed E-state index contributed by atoms with van der Waals surface area (Å²) in [5.41, 5.74) is 0. The van der Waals surface area contributed by atoms with Gasteiger partial charge in [-0.1, -0.05) is 6.08 Å². The number of hydrogen-bond acceptors (Lipinski definition) is 2. The van der Waals surface area contributed by atoms with E-state index in [0.717, 1.165) is 11.3 Å². The van der Waals surface area contributed by atoms with Crippen molar-refractivity contribution < 1.29 is 9.60 Å². The van der Waals surface area contributed by atoms with Crippen LogP contribution in [0.25, 0.3) is 0 Å². The van der Waals surface area contributed by atoms with Crippen molar-refractivity contribution in [3.8, 4) is 0 Å². The molecule has 3 heteroatoms. The molecule has 0 saturated carbocycles. The Bertz CT molecular complexity index is 164. The van der Waals surface area contributed by atoms with Gasteiger partial charge in [0.05, 0.1) is 12.2 Å². The van der Waals surface area contributed by atoms with Gasteiger partial charge < -0.3 is 0 Å². The lowest BCUT2D eigenvalue weighted by Gasteiger charge is -2.19. The first-order chi connectivity index (χ1) is 4.20. The molecule has 0 radical (unpaired) electrons. The highest BCUT2D eigenvalue weighted by atomic mass is 19.1. The summed E-state index contributed by atoms with van der Waals surface area (Å²) in [6.07, 6.45) is 3.96. The van der Waals surface area contributed by atoms with Crippen molar-refractivity contribution in [3.05, 3.63) is 24.2 Å². The molecule has 50 valence electrons. The Hall–Kier alpha value is -0.830. The first-order valence-electron chi connectivity index (χ1n) is 2.73. The van der Waals surface area contributed by atoms with Crippen LogP contribution in [0, 0.1) is 0 Å². The molecule has 2 nitrogen and oxygen atoms in total. The second-order valence-corrected chi connectivity index (χ2v) is 1.99. The molecule has 0 spiro atoms. The van der Waals surface area contributed by atoms with Gasteiger partial charge in [-0.05, 0) is 13.0 Å². The van der Waals surface area contributed by atoms with Gasteiger partial charge in [-0.25, -0.2) is 4.39 Å². The molecule has 1 aliphatic rings. The van der Waals surface area contributed by atoms with Gasteiger partial charge in [-0.3, -0.25) is 10.3 Å².